The van der Waals surface area contributed by atoms with Gasteiger partial charge in [0.1, 0.15) is 5.92 Å². The highest BCUT2D eigenvalue weighted by Crippen LogP contribution is 2.39. The van der Waals surface area contributed by atoms with Crippen molar-refractivity contribution in [2.45, 2.75) is 43.8 Å². The molecule has 0 bridgehead atoms. The number of aromatic nitrogens is 2. The van der Waals surface area contributed by atoms with E-state index < -0.39 is 23.5 Å². The lowest BCUT2D eigenvalue weighted by Crippen LogP contribution is -2.44. The number of nitrogens with zero attached hydrogens (tertiary/aromatic N) is 2. The summed E-state index contributed by atoms with van der Waals surface area (Å²) in [6, 6.07) is 0. The minimum atomic E-state index is -4.37. The van der Waals surface area contributed by atoms with Gasteiger partial charge in [0, 0.05) is 0 Å². The topological polar surface area (TPSA) is 64.9 Å². The molecule has 1 saturated carbocycles. The van der Waals surface area contributed by atoms with Gasteiger partial charge in [0.15, 0.2) is 5.82 Å². The molecule has 0 saturated heterocycles. The van der Waals surface area contributed by atoms with E-state index in [4.69, 9.17) is 5.73 Å². The Morgan fingerprint density at radius 2 is 2.06 bits per heavy atom. The summed E-state index contributed by atoms with van der Waals surface area (Å²) in [5, 5.41) is 3.53. The molecule has 1 fully saturated rings. The third-order valence-corrected chi connectivity index (χ3v) is 2.99. The second kappa shape index (κ2) is 3.44. The molecule has 2 rings (SSSR count). The van der Waals surface area contributed by atoms with Crippen molar-refractivity contribution >= 4 is 0 Å². The first kappa shape index (κ1) is 11.4. The summed E-state index contributed by atoms with van der Waals surface area (Å²) in [6.07, 6.45) is -2.06. The van der Waals surface area contributed by atoms with Crippen LogP contribution in [0.25, 0.3) is 0 Å². The van der Waals surface area contributed by atoms with Crippen LogP contribution >= 0.6 is 0 Å². The number of hydrogen-bond acceptors (Lipinski definition) is 4. The summed E-state index contributed by atoms with van der Waals surface area (Å²) in [4.78, 5) is 3.75. The van der Waals surface area contributed by atoms with E-state index in [0.717, 1.165) is 13.3 Å². The van der Waals surface area contributed by atoms with Gasteiger partial charge in [-0.2, -0.15) is 18.2 Å². The first-order valence-electron chi connectivity index (χ1n) is 5.02. The molecule has 0 aromatic carbocycles. The monoisotopic (exact) mass is 235 g/mol. The molecule has 0 amide bonds. The standard InChI is InChI=1S/C9H12F3N3O/c1-5(9(10,11)12)6-14-7(15-16-6)8(13)3-2-4-8/h5H,2-4,13H2,1H3. The summed E-state index contributed by atoms with van der Waals surface area (Å²) in [7, 11) is 0. The van der Waals surface area contributed by atoms with Gasteiger partial charge in [-0.3, -0.25) is 0 Å². The molecule has 4 nitrogen and oxygen atoms in total. The number of nitrogens with two attached hydrogens (primary N) is 1. The average molecular weight is 235 g/mol. The molecular weight excluding hydrogens is 223 g/mol. The van der Waals surface area contributed by atoms with Crippen molar-refractivity contribution in [2.24, 2.45) is 5.73 Å². The van der Waals surface area contributed by atoms with Crippen LogP contribution in [0.4, 0.5) is 13.2 Å². The molecule has 1 aromatic rings. The van der Waals surface area contributed by atoms with Crippen LogP contribution in [0.5, 0.6) is 0 Å². The Morgan fingerprint density at radius 1 is 1.44 bits per heavy atom. The molecule has 1 aliphatic carbocycles. The molecule has 90 valence electrons. The van der Waals surface area contributed by atoms with Crippen LogP contribution in [0.15, 0.2) is 4.52 Å². The van der Waals surface area contributed by atoms with Gasteiger partial charge < -0.3 is 10.3 Å². The zero-order valence-electron chi connectivity index (χ0n) is 8.71. The van der Waals surface area contributed by atoms with Crippen molar-refractivity contribution < 1.29 is 17.7 Å². The second-order valence-electron chi connectivity index (χ2n) is 4.23. The lowest BCUT2D eigenvalue weighted by atomic mass is 9.77. The maximum Gasteiger partial charge on any atom is 0.400 e. The first-order valence-corrected chi connectivity index (χ1v) is 5.02. The predicted octanol–water partition coefficient (Wildman–Crippen LogP) is 2.07. The van der Waals surface area contributed by atoms with Gasteiger partial charge in [-0.1, -0.05) is 5.16 Å². The summed E-state index contributed by atoms with van der Waals surface area (Å²) in [6.45, 7) is 0.987. The largest absolute Gasteiger partial charge is 0.400 e. The molecule has 2 N–H and O–H groups in total. The van der Waals surface area contributed by atoms with E-state index in [9.17, 15) is 13.2 Å². The van der Waals surface area contributed by atoms with Crippen LogP contribution in [0.1, 0.15) is 43.8 Å². The first-order chi connectivity index (χ1) is 7.33. The number of alkyl halides is 3. The van der Waals surface area contributed by atoms with Crippen molar-refractivity contribution in [3.63, 3.8) is 0 Å². The number of rotatable bonds is 2. The highest BCUT2D eigenvalue weighted by atomic mass is 19.4. The number of hydrogen-bond donors (Lipinski definition) is 1. The van der Waals surface area contributed by atoms with Gasteiger partial charge >= 0.3 is 6.18 Å². The minimum absolute atomic E-state index is 0.185. The van der Waals surface area contributed by atoms with Gasteiger partial charge in [-0.15, -0.1) is 0 Å². The summed E-state index contributed by atoms with van der Waals surface area (Å²) < 4.78 is 41.7. The van der Waals surface area contributed by atoms with E-state index in [0.29, 0.717) is 12.8 Å². The average Bonchev–Trinajstić information content (AvgIpc) is 2.60. The molecule has 0 spiro atoms. The van der Waals surface area contributed by atoms with Crippen molar-refractivity contribution in [3.8, 4) is 0 Å². The van der Waals surface area contributed by atoms with Crippen molar-refractivity contribution in [1.82, 2.24) is 10.1 Å². The van der Waals surface area contributed by atoms with Crippen LogP contribution in [-0.2, 0) is 5.54 Å². The van der Waals surface area contributed by atoms with Crippen molar-refractivity contribution in [3.05, 3.63) is 11.7 Å². The zero-order chi connectivity index (χ0) is 12.0. The molecule has 1 aromatic heterocycles. The molecule has 1 atom stereocenters. The van der Waals surface area contributed by atoms with E-state index in [-0.39, 0.29) is 5.82 Å². The van der Waals surface area contributed by atoms with E-state index in [2.05, 4.69) is 14.7 Å². The fourth-order valence-corrected chi connectivity index (χ4v) is 1.53. The van der Waals surface area contributed by atoms with Gasteiger partial charge in [0.2, 0.25) is 5.89 Å². The van der Waals surface area contributed by atoms with Gasteiger partial charge in [-0.05, 0) is 26.2 Å². The van der Waals surface area contributed by atoms with Crippen LogP contribution in [0.2, 0.25) is 0 Å². The molecular formula is C9H12F3N3O. The Kier molecular flexibility index (Phi) is 2.45. The van der Waals surface area contributed by atoms with Gasteiger partial charge in [0.05, 0.1) is 5.54 Å². The zero-order valence-corrected chi connectivity index (χ0v) is 8.71. The van der Waals surface area contributed by atoms with Crippen LogP contribution in [-0.4, -0.2) is 16.3 Å². The fourth-order valence-electron chi connectivity index (χ4n) is 1.53. The lowest BCUT2D eigenvalue weighted by Gasteiger charge is -2.34. The van der Waals surface area contributed by atoms with Crippen LogP contribution in [0, 0.1) is 0 Å². The molecule has 0 radical (unpaired) electrons. The Morgan fingerprint density at radius 3 is 2.50 bits per heavy atom. The van der Waals surface area contributed by atoms with E-state index in [1.807, 2.05) is 0 Å². The second-order valence-corrected chi connectivity index (χ2v) is 4.23. The normalized spacial score (nSPS) is 21.6. The molecule has 1 aliphatic rings. The maximum atomic E-state index is 12.4. The van der Waals surface area contributed by atoms with E-state index in [1.54, 1.807) is 0 Å². The van der Waals surface area contributed by atoms with Crippen LogP contribution < -0.4 is 5.73 Å². The molecule has 7 heteroatoms. The SMILES string of the molecule is CC(c1nc(C2(N)CCC2)no1)C(F)(F)F. The molecule has 1 heterocycles. The Labute approximate surface area is 90.0 Å². The predicted molar refractivity (Wildman–Crippen MR) is 48.5 cm³/mol. The highest BCUT2D eigenvalue weighted by Gasteiger charge is 2.44. The molecule has 16 heavy (non-hydrogen) atoms. The number of halogens is 3. The lowest BCUT2D eigenvalue weighted by molar-refractivity contribution is -0.151. The minimum Gasteiger partial charge on any atom is -0.339 e. The molecule has 1 unspecified atom stereocenters. The highest BCUT2D eigenvalue weighted by molar-refractivity contribution is 5.10. The maximum absolute atomic E-state index is 12.4. The summed E-state index contributed by atoms with van der Waals surface area (Å²) in [5.41, 5.74) is 5.19. The van der Waals surface area contributed by atoms with Crippen LogP contribution in [0.3, 0.4) is 0 Å². The summed E-state index contributed by atoms with van der Waals surface area (Å²) >= 11 is 0. The van der Waals surface area contributed by atoms with Gasteiger partial charge in [-0.25, -0.2) is 0 Å². The molecule has 0 aliphatic heterocycles. The third kappa shape index (κ3) is 1.79. The third-order valence-electron chi connectivity index (χ3n) is 2.99. The fraction of sp³-hybridized carbons (Fsp3) is 0.778. The van der Waals surface area contributed by atoms with E-state index in [1.165, 1.54) is 0 Å². The Balaban J connectivity index is 2.20. The Hall–Kier alpha value is -1.11. The quantitative estimate of drug-likeness (QED) is 0.852. The van der Waals surface area contributed by atoms with E-state index >= 15 is 0 Å². The smallest absolute Gasteiger partial charge is 0.339 e. The van der Waals surface area contributed by atoms with Gasteiger partial charge in [0.25, 0.3) is 0 Å². The summed E-state index contributed by atoms with van der Waals surface area (Å²) in [5.74, 6) is -1.98. The van der Waals surface area contributed by atoms with Crippen molar-refractivity contribution in [2.75, 3.05) is 0 Å². The Bertz CT molecular complexity index is 384. The van der Waals surface area contributed by atoms with Crippen molar-refractivity contribution in [1.29, 1.82) is 0 Å².